The smallest absolute Gasteiger partial charge is 0.145 e. The molecule has 0 saturated carbocycles. The topological polar surface area (TPSA) is 68.8 Å². The van der Waals surface area contributed by atoms with Crippen molar-refractivity contribution in [3.63, 3.8) is 0 Å². The fraction of sp³-hybridized carbons (Fsp3) is 0.143. The van der Waals surface area contributed by atoms with Gasteiger partial charge in [0.2, 0.25) is 0 Å². The molecule has 0 fully saturated rings. The van der Waals surface area contributed by atoms with E-state index in [9.17, 15) is 4.39 Å². The summed E-state index contributed by atoms with van der Waals surface area (Å²) >= 11 is 0. The molecule has 0 unspecified atom stereocenters. The molecule has 20 heavy (non-hydrogen) atoms. The lowest BCUT2D eigenvalue weighted by Crippen LogP contribution is -2.00. The normalized spacial score (nSPS) is 10.8. The number of nitrogen functional groups attached to an aromatic ring is 1. The summed E-state index contributed by atoms with van der Waals surface area (Å²) in [4.78, 5) is 8.44. The van der Waals surface area contributed by atoms with E-state index in [0.29, 0.717) is 18.1 Å². The van der Waals surface area contributed by atoms with Crippen LogP contribution in [0.2, 0.25) is 0 Å². The van der Waals surface area contributed by atoms with Crippen LogP contribution in [-0.2, 0) is 6.54 Å². The molecule has 1 aromatic carbocycles. The van der Waals surface area contributed by atoms with Crippen LogP contribution in [0.15, 0.2) is 42.9 Å². The predicted octanol–water partition coefficient (Wildman–Crippen LogP) is 2.73. The number of aromatic nitrogens is 3. The fourth-order valence-electron chi connectivity index (χ4n) is 2.08. The highest BCUT2D eigenvalue weighted by Crippen LogP contribution is 2.24. The average molecular weight is 271 g/mol. The molecule has 0 radical (unpaired) electrons. The number of nitrogens with two attached hydrogens (primary N) is 1. The van der Waals surface area contributed by atoms with Gasteiger partial charge in [0.15, 0.2) is 0 Å². The first kappa shape index (κ1) is 12.4. The average Bonchev–Trinajstić information content (AvgIpc) is 2.86. The van der Waals surface area contributed by atoms with Crippen molar-refractivity contribution in [3.05, 3.63) is 42.9 Å². The minimum Gasteiger partial charge on any atom is -0.399 e. The number of alkyl halides is 1. The largest absolute Gasteiger partial charge is 0.399 e. The van der Waals surface area contributed by atoms with E-state index < -0.39 is 6.67 Å². The van der Waals surface area contributed by atoms with Crippen molar-refractivity contribution in [1.29, 1.82) is 0 Å². The van der Waals surface area contributed by atoms with Gasteiger partial charge in [-0.25, -0.2) is 14.4 Å². The summed E-state index contributed by atoms with van der Waals surface area (Å²) in [6, 6.07) is 9.26. The predicted molar refractivity (Wildman–Crippen MR) is 77.6 cm³/mol. The first-order chi connectivity index (χ1) is 9.78. The van der Waals surface area contributed by atoms with E-state index >= 15 is 0 Å². The summed E-state index contributed by atoms with van der Waals surface area (Å²) in [6.45, 7) is -0.129. The Morgan fingerprint density at radius 1 is 1.15 bits per heavy atom. The second-order valence-electron chi connectivity index (χ2n) is 4.40. The van der Waals surface area contributed by atoms with Gasteiger partial charge in [0.25, 0.3) is 0 Å². The summed E-state index contributed by atoms with van der Waals surface area (Å²) in [5, 5.41) is 4.07. The number of aryl methyl sites for hydroxylation is 1. The molecule has 0 aliphatic rings. The van der Waals surface area contributed by atoms with E-state index in [1.807, 2.05) is 36.5 Å². The number of hydrogen-bond acceptors (Lipinski definition) is 4. The van der Waals surface area contributed by atoms with E-state index in [0.717, 1.165) is 16.7 Å². The highest BCUT2D eigenvalue weighted by molar-refractivity contribution is 5.89. The summed E-state index contributed by atoms with van der Waals surface area (Å²) in [6.07, 6.45) is 3.28. The van der Waals surface area contributed by atoms with Crippen molar-refractivity contribution in [1.82, 2.24) is 14.5 Å². The van der Waals surface area contributed by atoms with Crippen molar-refractivity contribution < 1.29 is 4.39 Å². The molecule has 2 heterocycles. The summed E-state index contributed by atoms with van der Waals surface area (Å²) < 4.78 is 14.2. The van der Waals surface area contributed by atoms with E-state index in [1.165, 1.54) is 6.33 Å². The van der Waals surface area contributed by atoms with Gasteiger partial charge in [0, 0.05) is 17.6 Å². The minimum atomic E-state index is -0.422. The molecule has 102 valence electrons. The van der Waals surface area contributed by atoms with Crippen LogP contribution in [0.3, 0.4) is 0 Å². The maximum absolute atomic E-state index is 12.5. The van der Waals surface area contributed by atoms with Gasteiger partial charge in [0.05, 0.1) is 11.9 Å². The lowest BCUT2D eigenvalue weighted by atomic mass is 10.3. The van der Waals surface area contributed by atoms with Gasteiger partial charge in [-0.05, 0) is 30.3 Å². The van der Waals surface area contributed by atoms with Gasteiger partial charge in [-0.1, -0.05) is 0 Å². The number of benzene rings is 1. The zero-order valence-electron chi connectivity index (χ0n) is 10.8. The fourth-order valence-corrected chi connectivity index (χ4v) is 2.08. The third kappa shape index (κ3) is 2.27. The lowest BCUT2D eigenvalue weighted by Gasteiger charge is -2.07. The molecule has 5 nitrogen and oxygen atoms in total. The monoisotopic (exact) mass is 271 g/mol. The lowest BCUT2D eigenvalue weighted by molar-refractivity contribution is 0.450. The summed E-state index contributed by atoms with van der Waals surface area (Å²) in [5.41, 5.74) is 7.97. The standard InChI is InChI=1S/C14H14FN5/c15-6-8-20-7-5-12-13(17-9-18-14(12)20)19-11-3-1-10(16)2-4-11/h1-5,7,9H,6,8,16H2,(H,17,18,19). The number of nitrogens with one attached hydrogen (secondary N) is 1. The number of anilines is 3. The third-order valence-electron chi connectivity index (χ3n) is 3.05. The molecule has 3 rings (SSSR count). The third-order valence-corrected chi connectivity index (χ3v) is 3.05. The molecule has 3 aromatic rings. The molecule has 6 heteroatoms. The summed E-state index contributed by atoms with van der Waals surface area (Å²) in [5.74, 6) is 0.692. The highest BCUT2D eigenvalue weighted by atomic mass is 19.1. The van der Waals surface area contributed by atoms with E-state index in [-0.39, 0.29) is 0 Å². The van der Waals surface area contributed by atoms with Crippen molar-refractivity contribution in [3.8, 4) is 0 Å². The number of halogens is 1. The minimum absolute atomic E-state index is 0.293. The first-order valence-electron chi connectivity index (χ1n) is 6.26. The number of hydrogen-bond donors (Lipinski definition) is 2. The van der Waals surface area contributed by atoms with Crippen LogP contribution >= 0.6 is 0 Å². The molecule has 0 aliphatic carbocycles. The van der Waals surface area contributed by atoms with Crippen molar-refractivity contribution in [2.75, 3.05) is 17.7 Å². The van der Waals surface area contributed by atoms with Crippen molar-refractivity contribution in [2.24, 2.45) is 0 Å². The second-order valence-corrected chi connectivity index (χ2v) is 4.40. The van der Waals surface area contributed by atoms with Crippen LogP contribution in [0.25, 0.3) is 11.0 Å². The van der Waals surface area contributed by atoms with Gasteiger partial charge >= 0.3 is 0 Å². The Morgan fingerprint density at radius 3 is 2.70 bits per heavy atom. The van der Waals surface area contributed by atoms with Gasteiger partial charge < -0.3 is 15.6 Å². The zero-order valence-corrected chi connectivity index (χ0v) is 10.8. The Hall–Kier alpha value is -2.63. The van der Waals surface area contributed by atoms with Crippen molar-refractivity contribution in [2.45, 2.75) is 6.54 Å². The molecule has 0 amide bonds. The van der Waals surface area contributed by atoms with Gasteiger partial charge in [-0.15, -0.1) is 0 Å². The van der Waals surface area contributed by atoms with E-state index in [2.05, 4.69) is 15.3 Å². The maximum atomic E-state index is 12.5. The Kier molecular flexibility index (Phi) is 3.20. The van der Waals surface area contributed by atoms with Crippen LogP contribution in [0.5, 0.6) is 0 Å². The number of fused-ring (bicyclic) bond motifs is 1. The first-order valence-corrected chi connectivity index (χ1v) is 6.26. The van der Waals surface area contributed by atoms with E-state index in [4.69, 9.17) is 5.73 Å². The van der Waals surface area contributed by atoms with Crippen molar-refractivity contribution >= 4 is 28.2 Å². The quantitative estimate of drug-likeness (QED) is 0.716. The van der Waals surface area contributed by atoms with Gasteiger partial charge in [-0.3, -0.25) is 0 Å². The van der Waals surface area contributed by atoms with E-state index in [1.54, 1.807) is 4.57 Å². The van der Waals surface area contributed by atoms with Crippen LogP contribution in [0.1, 0.15) is 0 Å². The number of nitrogens with zero attached hydrogens (tertiary/aromatic N) is 3. The van der Waals surface area contributed by atoms with Gasteiger partial charge in [0.1, 0.15) is 24.5 Å². The highest BCUT2D eigenvalue weighted by Gasteiger charge is 2.08. The van der Waals surface area contributed by atoms with Crippen LogP contribution in [0, 0.1) is 0 Å². The van der Waals surface area contributed by atoms with Crippen LogP contribution < -0.4 is 11.1 Å². The zero-order chi connectivity index (χ0) is 13.9. The molecule has 3 N–H and O–H groups in total. The molecule has 0 bridgehead atoms. The van der Waals surface area contributed by atoms with Gasteiger partial charge in [-0.2, -0.15) is 0 Å². The molecule has 0 aliphatic heterocycles. The Bertz CT molecular complexity index is 720. The Labute approximate surface area is 115 Å². The molecular formula is C14H14FN5. The SMILES string of the molecule is Nc1ccc(Nc2ncnc3c2ccn3CCF)cc1. The molecule has 0 atom stereocenters. The molecular weight excluding hydrogens is 257 g/mol. The Balaban J connectivity index is 1.97. The second kappa shape index (κ2) is 5.16. The summed E-state index contributed by atoms with van der Waals surface area (Å²) in [7, 11) is 0. The maximum Gasteiger partial charge on any atom is 0.145 e. The molecule has 0 spiro atoms. The molecule has 0 saturated heterocycles. The van der Waals surface area contributed by atoms with Crippen LogP contribution in [0.4, 0.5) is 21.6 Å². The van der Waals surface area contributed by atoms with Crippen LogP contribution in [-0.4, -0.2) is 21.2 Å². The Morgan fingerprint density at radius 2 is 1.95 bits per heavy atom. The number of rotatable bonds is 4. The molecule has 2 aromatic heterocycles.